The molecule has 120 valence electrons. The third-order valence-electron chi connectivity index (χ3n) is 4.47. The van der Waals surface area contributed by atoms with Gasteiger partial charge in [0.15, 0.2) is 0 Å². The molecular formula is C15H20N7O+. The van der Waals surface area contributed by atoms with E-state index in [1.807, 2.05) is 19.2 Å². The number of quaternary nitrogens is 1. The van der Waals surface area contributed by atoms with Gasteiger partial charge < -0.3 is 16.5 Å². The zero-order valence-corrected chi connectivity index (χ0v) is 13.0. The molecule has 1 aliphatic rings. The Hall–Kier alpha value is -2.76. The number of nitrogens with two attached hydrogens (primary N) is 3. The number of hydrogen-bond acceptors (Lipinski definition) is 6. The van der Waals surface area contributed by atoms with E-state index in [1.54, 1.807) is 12.1 Å². The van der Waals surface area contributed by atoms with Crippen molar-refractivity contribution in [3.05, 3.63) is 34.0 Å². The van der Waals surface area contributed by atoms with Crippen molar-refractivity contribution in [2.24, 2.45) is 5.84 Å². The van der Waals surface area contributed by atoms with E-state index in [-0.39, 0.29) is 16.8 Å². The van der Waals surface area contributed by atoms with Crippen LogP contribution in [0.25, 0.3) is 10.9 Å². The summed E-state index contributed by atoms with van der Waals surface area (Å²) in [6.07, 6.45) is 0. The summed E-state index contributed by atoms with van der Waals surface area (Å²) in [6, 6.07) is 7.27. The van der Waals surface area contributed by atoms with Gasteiger partial charge in [-0.05, 0) is 18.2 Å². The first-order valence-corrected chi connectivity index (χ1v) is 7.35. The van der Waals surface area contributed by atoms with E-state index < -0.39 is 0 Å². The van der Waals surface area contributed by atoms with Crippen LogP contribution in [0, 0.1) is 11.3 Å². The second-order valence-electron chi connectivity index (χ2n) is 6.19. The van der Waals surface area contributed by atoms with Crippen molar-refractivity contribution >= 4 is 22.4 Å². The monoisotopic (exact) mass is 314 g/mol. The fraction of sp³-hybridized carbons (Fsp3) is 0.333. The van der Waals surface area contributed by atoms with Crippen molar-refractivity contribution in [1.82, 2.24) is 4.68 Å². The summed E-state index contributed by atoms with van der Waals surface area (Å²) in [5.41, 5.74) is 6.67. The Balaban J connectivity index is 2.10. The SMILES string of the molecule is C[N+]1(N)CCN(c2ccc3c(c2)c(=O)c(C#N)c(N)n3N)CC1. The fourth-order valence-electron chi connectivity index (χ4n) is 2.90. The Morgan fingerprint density at radius 3 is 2.57 bits per heavy atom. The topological polar surface area (TPSA) is 127 Å². The van der Waals surface area contributed by atoms with E-state index in [9.17, 15) is 4.79 Å². The number of likely N-dealkylation sites (N-methyl/N-ethyl adjacent to an activating group) is 1. The van der Waals surface area contributed by atoms with Gasteiger partial charge >= 0.3 is 0 Å². The Labute approximate surface area is 133 Å². The highest BCUT2D eigenvalue weighted by atomic mass is 16.1. The van der Waals surface area contributed by atoms with E-state index in [1.165, 1.54) is 4.68 Å². The number of piperazine rings is 1. The highest BCUT2D eigenvalue weighted by Crippen LogP contribution is 2.23. The minimum absolute atomic E-state index is 0.0214. The molecule has 0 unspecified atom stereocenters. The first kappa shape index (κ1) is 15.1. The molecule has 1 aromatic heterocycles. The first-order chi connectivity index (χ1) is 10.8. The van der Waals surface area contributed by atoms with Crippen LogP contribution >= 0.6 is 0 Å². The molecule has 8 heteroatoms. The van der Waals surface area contributed by atoms with Crippen molar-refractivity contribution in [1.29, 1.82) is 5.26 Å². The summed E-state index contributed by atoms with van der Waals surface area (Å²) in [6.45, 7) is 3.25. The molecule has 3 rings (SSSR count). The number of benzene rings is 1. The summed E-state index contributed by atoms with van der Waals surface area (Å²) < 4.78 is 1.68. The predicted octanol–water partition coefficient (Wildman–Crippen LogP) is -0.691. The normalized spacial score (nSPS) is 17.2. The standard InChI is InChI=1S/C15H19N7O/c1-22(19)6-4-20(5-7-22)10-2-3-13-11(8-10)14(23)12(9-16)15(17)21(13)18/h2-3,8H,4-7,18-19H2,1H3,(H-,17,23)/p+1. The Morgan fingerprint density at radius 2 is 1.96 bits per heavy atom. The molecular weight excluding hydrogens is 294 g/mol. The number of nitrogen functional groups attached to an aromatic ring is 2. The molecule has 2 heterocycles. The Kier molecular flexibility index (Phi) is 3.39. The minimum atomic E-state index is -0.389. The maximum absolute atomic E-state index is 12.5. The van der Waals surface area contributed by atoms with Crippen LogP contribution < -0.4 is 27.7 Å². The van der Waals surface area contributed by atoms with Gasteiger partial charge in [-0.15, -0.1) is 0 Å². The van der Waals surface area contributed by atoms with Gasteiger partial charge in [0.05, 0.1) is 31.0 Å². The lowest BCUT2D eigenvalue weighted by Crippen LogP contribution is -2.61. The average Bonchev–Trinajstić information content (AvgIpc) is 2.53. The molecule has 0 aliphatic carbocycles. The Bertz CT molecular complexity index is 868. The lowest BCUT2D eigenvalue weighted by molar-refractivity contribution is -0.921. The largest absolute Gasteiger partial charge is 0.382 e. The first-order valence-electron chi connectivity index (χ1n) is 7.35. The van der Waals surface area contributed by atoms with Gasteiger partial charge in [0, 0.05) is 5.69 Å². The van der Waals surface area contributed by atoms with Crippen LogP contribution in [0.4, 0.5) is 11.5 Å². The molecule has 0 radical (unpaired) electrons. The highest BCUT2D eigenvalue weighted by Gasteiger charge is 2.26. The minimum Gasteiger partial charge on any atom is -0.382 e. The van der Waals surface area contributed by atoms with Crippen molar-refractivity contribution in [2.75, 3.05) is 49.7 Å². The number of hydrogen-bond donors (Lipinski definition) is 3. The van der Waals surface area contributed by atoms with Gasteiger partial charge in [-0.2, -0.15) is 11.1 Å². The fourth-order valence-corrected chi connectivity index (χ4v) is 2.90. The third kappa shape index (κ3) is 2.46. The second kappa shape index (κ2) is 5.15. The number of pyridine rings is 1. The molecule has 0 spiro atoms. The molecule has 0 saturated carbocycles. The maximum atomic E-state index is 12.5. The van der Waals surface area contributed by atoms with E-state index in [0.717, 1.165) is 31.9 Å². The highest BCUT2D eigenvalue weighted by molar-refractivity contribution is 5.86. The molecule has 1 aliphatic heterocycles. The summed E-state index contributed by atoms with van der Waals surface area (Å²) in [5.74, 6) is 12.0. The van der Waals surface area contributed by atoms with E-state index in [0.29, 0.717) is 15.5 Å². The van der Waals surface area contributed by atoms with Gasteiger partial charge in [-0.25, -0.2) is 9.27 Å². The van der Waals surface area contributed by atoms with Gasteiger partial charge in [-0.3, -0.25) is 4.79 Å². The number of fused-ring (bicyclic) bond motifs is 1. The summed E-state index contributed by atoms with van der Waals surface area (Å²) in [5, 5.41) is 9.53. The lowest BCUT2D eigenvalue weighted by atomic mass is 10.1. The lowest BCUT2D eigenvalue weighted by Gasteiger charge is -2.38. The molecule has 8 nitrogen and oxygen atoms in total. The summed E-state index contributed by atoms with van der Waals surface area (Å²) in [7, 11) is 1.99. The molecule has 2 aromatic rings. The molecule has 0 amide bonds. The molecule has 1 fully saturated rings. The average molecular weight is 314 g/mol. The van der Waals surface area contributed by atoms with Gasteiger partial charge in [0.2, 0.25) is 5.43 Å². The van der Waals surface area contributed by atoms with Gasteiger partial charge in [0.25, 0.3) is 0 Å². The van der Waals surface area contributed by atoms with Crippen LogP contribution in [0.15, 0.2) is 23.0 Å². The van der Waals surface area contributed by atoms with Crippen molar-refractivity contribution in [2.45, 2.75) is 0 Å². The molecule has 0 bridgehead atoms. The maximum Gasteiger partial charge on any atom is 0.209 e. The van der Waals surface area contributed by atoms with Crippen LogP contribution in [0.5, 0.6) is 0 Å². The van der Waals surface area contributed by atoms with Crippen LogP contribution in [0.1, 0.15) is 5.56 Å². The Morgan fingerprint density at radius 1 is 1.30 bits per heavy atom. The van der Waals surface area contributed by atoms with Crippen LogP contribution in [-0.2, 0) is 0 Å². The molecule has 1 aromatic carbocycles. The van der Waals surface area contributed by atoms with E-state index in [4.69, 9.17) is 22.7 Å². The van der Waals surface area contributed by atoms with Crippen molar-refractivity contribution in [3.8, 4) is 6.07 Å². The van der Waals surface area contributed by atoms with Gasteiger partial charge in [0.1, 0.15) is 30.5 Å². The molecule has 1 saturated heterocycles. The number of nitrogens with zero attached hydrogens (tertiary/aromatic N) is 4. The number of nitriles is 1. The molecule has 0 atom stereocenters. The predicted molar refractivity (Wildman–Crippen MR) is 89.8 cm³/mol. The van der Waals surface area contributed by atoms with Crippen LogP contribution in [-0.4, -0.2) is 42.5 Å². The van der Waals surface area contributed by atoms with E-state index >= 15 is 0 Å². The quantitative estimate of drug-likeness (QED) is 0.472. The molecule has 6 N–H and O–H groups in total. The van der Waals surface area contributed by atoms with Crippen LogP contribution in [0.3, 0.4) is 0 Å². The number of anilines is 2. The second-order valence-corrected chi connectivity index (χ2v) is 6.19. The van der Waals surface area contributed by atoms with Crippen LogP contribution in [0.2, 0.25) is 0 Å². The van der Waals surface area contributed by atoms with E-state index in [2.05, 4.69) is 4.90 Å². The summed E-state index contributed by atoms with van der Waals surface area (Å²) >= 11 is 0. The van der Waals surface area contributed by atoms with Gasteiger partial charge in [-0.1, -0.05) is 0 Å². The van der Waals surface area contributed by atoms with Crippen molar-refractivity contribution in [3.63, 3.8) is 0 Å². The number of aromatic nitrogens is 1. The molecule has 23 heavy (non-hydrogen) atoms. The zero-order chi connectivity index (χ0) is 16.8. The zero-order valence-electron chi connectivity index (χ0n) is 13.0. The number of rotatable bonds is 1. The smallest absolute Gasteiger partial charge is 0.209 e. The third-order valence-corrected chi connectivity index (χ3v) is 4.47. The summed E-state index contributed by atoms with van der Waals surface area (Å²) in [4.78, 5) is 14.6. The van der Waals surface area contributed by atoms with Crippen molar-refractivity contribution < 1.29 is 4.59 Å².